The maximum Gasteiger partial charge on any atom is 0.407 e. The van der Waals surface area contributed by atoms with Crippen LogP contribution in [-0.4, -0.2) is 66.1 Å². The van der Waals surface area contributed by atoms with E-state index in [0.717, 1.165) is 32.1 Å². The van der Waals surface area contributed by atoms with Gasteiger partial charge in [-0.15, -0.1) is 0 Å². The van der Waals surface area contributed by atoms with Crippen molar-refractivity contribution in [1.82, 2.24) is 15.5 Å². The van der Waals surface area contributed by atoms with Crippen LogP contribution >= 0.6 is 0 Å². The van der Waals surface area contributed by atoms with Gasteiger partial charge in [-0.2, -0.15) is 0 Å². The molecule has 10 nitrogen and oxygen atoms in total. The van der Waals surface area contributed by atoms with Gasteiger partial charge in [0.2, 0.25) is 11.8 Å². The highest BCUT2D eigenvalue weighted by Gasteiger charge is 2.39. The number of nitrogens with two attached hydrogens (primary N) is 1. The average molecular weight is 454 g/mol. The minimum Gasteiger partial charge on any atom is -0.453 e. The molecule has 1 aliphatic carbocycles. The van der Waals surface area contributed by atoms with Crippen LogP contribution in [0.5, 0.6) is 0 Å². The number of carbonyl (C=O) groups is 3. The van der Waals surface area contributed by atoms with Crippen molar-refractivity contribution in [2.45, 2.75) is 77.8 Å². The fourth-order valence-corrected chi connectivity index (χ4v) is 4.62. The molecule has 0 aromatic heterocycles. The first kappa shape index (κ1) is 25.7. The van der Waals surface area contributed by atoms with E-state index in [-0.39, 0.29) is 29.0 Å². The Kier molecular flexibility index (Phi) is 9.15. The number of rotatable bonds is 7. The number of oxime groups is 1. The number of hydrogen-bond acceptors (Lipinski definition) is 6. The number of amides is 3. The van der Waals surface area contributed by atoms with Gasteiger partial charge in [0, 0.05) is 19.0 Å². The molecule has 0 spiro atoms. The number of alkyl carbamates (subject to hydrolysis) is 1. The Labute approximate surface area is 190 Å². The van der Waals surface area contributed by atoms with Crippen LogP contribution in [-0.2, 0) is 14.3 Å². The Hall–Kier alpha value is -2.52. The van der Waals surface area contributed by atoms with Crippen LogP contribution in [0.1, 0.15) is 65.7 Å². The molecule has 1 aliphatic heterocycles. The molecule has 0 aromatic carbocycles. The molecule has 10 heteroatoms. The molecule has 5 N–H and O–H groups in total. The Morgan fingerprint density at radius 2 is 1.84 bits per heavy atom. The number of carbonyl (C=O) groups excluding carboxylic acids is 3. The largest absolute Gasteiger partial charge is 0.453 e. The van der Waals surface area contributed by atoms with Crippen molar-refractivity contribution in [3.63, 3.8) is 0 Å². The van der Waals surface area contributed by atoms with Crippen LogP contribution in [0.2, 0.25) is 0 Å². The summed E-state index contributed by atoms with van der Waals surface area (Å²) in [5.74, 6) is 0.307. The van der Waals surface area contributed by atoms with Gasteiger partial charge in [0.1, 0.15) is 17.9 Å². The number of nitrogens with zero attached hydrogens (tertiary/aromatic N) is 2. The molecule has 2 aliphatic rings. The lowest BCUT2D eigenvalue weighted by Gasteiger charge is -2.32. The van der Waals surface area contributed by atoms with Crippen LogP contribution in [0.3, 0.4) is 0 Å². The van der Waals surface area contributed by atoms with E-state index in [1.54, 1.807) is 4.90 Å². The Balaban J connectivity index is 1.94. The molecule has 1 saturated carbocycles. The van der Waals surface area contributed by atoms with Gasteiger partial charge in [0.15, 0.2) is 0 Å². The molecule has 1 heterocycles. The fourth-order valence-electron chi connectivity index (χ4n) is 4.62. The van der Waals surface area contributed by atoms with Crippen molar-refractivity contribution in [1.29, 1.82) is 0 Å². The molecule has 182 valence electrons. The number of methoxy groups -OCH3 is 1. The van der Waals surface area contributed by atoms with Gasteiger partial charge < -0.3 is 31.2 Å². The molecule has 3 amide bonds. The number of likely N-dealkylation sites (tertiary alicyclic amines) is 1. The highest BCUT2D eigenvalue weighted by Crippen LogP contribution is 2.29. The van der Waals surface area contributed by atoms with Crippen molar-refractivity contribution >= 4 is 23.7 Å². The Morgan fingerprint density at radius 3 is 2.41 bits per heavy atom. The number of hydrogen-bond donors (Lipinski definition) is 4. The summed E-state index contributed by atoms with van der Waals surface area (Å²) in [5.41, 5.74) is 5.51. The van der Waals surface area contributed by atoms with E-state index >= 15 is 0 Å². The summed E-state index contributed by atoms with van der Waals surface area (Å²) in [6, 6.07) is -1.28. The first-order chi connectivity index (χ1) is 15.1. The molecule has 0 aromatic rings. The monoisotopic (exact) mass is 453 g/mol. The van der Waals surface area contributed by atoms with Gasteiger partial charge in [-0.25, -0.2) is 4.79 Å². The summed E-state index contributed by atoms with van der Waals surface area (Å²) in [6.45, 7) is 7.02. The molecule has 2 fully saturated rings. The zero-order valence-electron chi connectivity index (χ0n) is 19.7. The molecule has 0 unspecified atom stereocenters. The summed E-state index contributed by atoms with van der Waals surface area (Å²) >= 11 is 0. The van der Waals surface area contributed by atoms with Gasteiger partial charge in [-0.05, 0) is 56.3 Å². The van der Waals surface area contributed by atoms with E-state index in [9.17, 15) is 14.4 Å². The first-order valence-corrected chi connectivity index (χ1v) is 11.5. The van der Waals surface area contributed by atoms with E-state index in [1.807, 2.05) is 20.8 Å². The van der Waals surface area contributed by atoms with Crippen LogP contribution in [0.25, 0.3) is 0 Å². The highest BCUT2D eigenvalue weighted by molar-refractivity contribution is 5.91. The molecule has 2 rings (SSSR count). The summed E-state index contributed by atoms with van der Waals surface area (Å²) in [7, 11) is 1.26. The second-order valence-electron chi connectivity index (χ2n) is 10.1. The van der Waals surface area contributed by atoms with Crippen LogP contribution in [0.4, 0.5) is 4.79 Å². The highest BCUT2D eigenvalue weighted by atomic mass is 16.5. The van der Waals surface area contributed by atoms with E-state index in [4.69, 9.17) is 10.9 Å². The predicted octanol–water partition coefficient (Wildman–Crippen LogP) is 1.81. The molecule has 0 bridgehead atoms. The SMILES string of the molecule is COC(=O)N[C@H](CC(C)(C)C)C(=O)N1CCC[C@H]1C(=O)NCC1CCC(C(N)=NO)CC1. The second-order valence-corrected chi connectivity index (χ2v) is 10.1. The maximum absolute atomic E-state index is 13.3. The zero-order valence-corrected chi connectivity index (χ0v) is 19.7. The normalized spacial score (nSPS) is 25.2. The number of ether oxygens (including phenoxy) is 1. The fraction of sp³-hybridized carbons (Fsp3) is 0.818. The van der Waals surface area contributed by atoms with Crippen LogP contribution < -0.4 is 16.4 Å². The van der Waals surface area contributed by atoms with E-state index in [0.29, 0.717) is 31.8 Å². The summed E-state index contributed by atoms with van der Waals surface area (Å²) in [4.78, 5) is 39.6. The average Bonchev–Trinajstić information content (AvgIpc) is 3.25. The van der Waals surface area contributed by atoms with Crippen molar-refractivity contribution < 1.29 is 24.3 Å². The quantitative estimate of drug-likeness (QED) is 0.200. The predicted molar refractivity (Wildman–Crippen MR) is 120 cm³/mol. The minimum atomic E-state index is -0.746. The van der Waals surface area contributed by atoms with E-state index in [2.05, 4.69) is 20.5 Å². The maximum atomic E-state index is 13.3. The van der Waals surface area contributed by atoms with Crippen molar-refractivity contribution in [2.24, 2.45) is 28.1 Å². The van der Waals surface area contributed by atoms with Gasteiger partial charge in [-0.3, -0.25) is 9.59 Å². The first-order valence-electron chi connectivity index (χ1n) is 11.5. The van der Waals surface area contributed by atoms with Crippen molar-refractivity contribution in [2.75, 3.05) is 20.2 Å². The van der Waals surface area contributed by atoms with Crippen LogP contribution in [0.15, 0.2) is 5.16 Å². The zero-order chi connectivity index (χ0) is 23.9. The third-order valence-corrected chi connectivity index (χ3v) is 6.38. The lowest BCUT2D eigenvalue weighted by atomic mass is 9.81. The van der Waals surface area contributed by atoms with Gasteiger partial charge >= 0.3 is 6.09 Å². The Bertz CT molecular complexity index is 697. The second kappa shape index (κ2) is 11.4. The lowest BCUT2D eigenvalue weighted by Crippen LogP contribution is -2.54. The standard InChI is InChI=1S/C22H39N5O5/c1-22(2,3)12-16(25-21(30)32-4)20(29)27-11-5-6-17(27)19(28)24-13-14-7-9-15(10-8-14)18(23)26-31/h14-17,31H,5-13H2,1-4H3,(H2,23,26)(H,24,28)(H,25,30)/t14?,15?,16-,17+/m1/s1. The lowest BCUT2D eigenvalue weighted by molar-refractivity contribution is -0.140. The number of nitrogens with one attached hydrogen (secondary N) is 2. The molecule has 1 saturated heterocycles. The molecule has 2 atom stereocenters. The van der Waals surface area contributed by atoms with Crippen molar-refractivity contribution in [3.05, 3.63) is 0 Å². The third-order valence-electron chi connectivity index (χ3n) is 6.38. The molecular formula is C22H39N5O5. The minimum absolute atomic E-state index is 0.0944. The third kappa shape index (κ3) is 7.27. The molecule has 0 radical (unpaired) electrons. The van der Waals surface area contributed by atoms with Gasteiger partial charge in [-0.1, -0.05) is 25.9 Å². The summed E-state index contributed by atoms with van der Waals surface area (Å²) in [6.07, 6.45) is 4.58. The van der Waals surface area contributed by atoms with Crippen LogP contribution in [0, 0.1) is 17.3 Å². The van der Waals surface area contributed by atoms with Gasteiger partial charge in [0.25, 0.3) is 0 Å². The summed E-state index contributed by atoms with van der Waals surface area (Å²) in [5, 5.41) is 17.6. The topological polar surface area (TPSA) is 146 Å². The van der Waals surface area contributed by atoms with Gasteiger partial charge in [0.05, 0.1) is 7.11 Å². The molecule has 32 heavy (non-hydrogen) atoms. The smallest absolute Gasteiger partial charge is 0.407 e. The van der Waals surface area contributed by atoms with Crippen molar-refractivity contribution in [3.8, 4) is 0 Å². The number of amidine groups is 1. The Morgan fingerprint density at radius 1 is 1.19 bits per heavy atom. The van der Waals surface area contributed by atoms with E-state index in [1.165, 1.54) is 7.11 Å². The summed E-state index contributed by atoms with van der Waals surface area (Å²) < 4.78 is 4.69. The van der Waals surface area contributed by atoms with E-state index < -0.39 is 18.2 Å². The molecular weight excluding hydrogens is 414 g/mol.